The zero-order valence-corrected chi connectivity index (χ0v) is 13.2. The fourth-order valence-electron chi connectivity index (χ4n) is 2.46. The molecule has 0 aliphatic heterocycles. The first kappa shape index (κ1) is 16.7. The Bertz CT molecular complexity index is 285. The van der Waals surface area contributed by atoms with Gasteiger partial charge < -0.3 is 0 Å². The average molecular weight is 282 g/mol. The van der Waals surface area contributed by atoms with Crippen molar-refractivity contribution in [3.05, 3.63) is 22.4 Å². The van der Waals surface area contributed by atoms with Crippen LogP contribution < -0.4 is 11.3 Å². The Kier molecular flexibility index (Phi) is 10.0. The summed E-state index contributed by atoms with van der Waals surface area (Å²) in [6, 6.07) is 4.87. The van der Waals surface area contributed by atoms with E-state index in [1.54, 1.807) is 0 Å². The van der Waals surface area contributed by atoms with E-state index in [9.17, 15) is 0 Å². The van der Waals surface area contributed by atoms with Crippen LogP contribution in [0.2, 0.25) is 0 Å². The number of thiophene rings is 1. The lowest BCUT2D eigenvalue weighted by Gasteiger charge is -2.15. The van der Waals surface area contributed by atoms with Gasteiger partial charge in [-0.25, -0.2) is 0 Å². The van der Waals surface area contributed by atoms with E-state index in [0.717, 1.165) is 0 Å². The van der Waals surface area contributed by atoms with Crippen molar-refractivity contribution in [3.63, 3.8) is 0 Å². The van der Waals surface area contributed by atoms with E-state index in [2.05, 4.69) is 29.9 Å². The normalized spacial score (nSPS) is 12.7. The Balaban J connectivity index is 1.99. The van der Waals surface area contributed by atoms with Gasteiger partial charge in [0, 0.05) is 10.9 Å². The Morgan fingerprint density at radius 2 is 1.84 bits per heavy atom. The zero-order valence-electron chi connectivity index (χ0n) is 12.4. The Labute approximate surface area is 122 Å². The number of hydrogen-bond donors (Lipinski definition) is 2. The van der Waals surface area contributed by atoms with Crippen molar-refractivity contribution in [1.82, 2.24) is 5.43 Å². The first-order valence-corrected chi connectivity index (χ1v) is 8.73. The summed E-state index contributed by atoms with van der Waals surface area (Å²) in [5, 5.41) is 2.16. The molecule has 1 aromatic rings. The summed E-state index contributed by atoms with van der Waals surface area (Å²) in [5.41, 5.74) is 2.99. The number of nitrogens with two attached hydrogens (primary N) is 1. The molecule has 0 saturated heterocycles. The molecule has 0 amide bonds. The SMILES string of the molecule is CCCCCCCCC(CCCc1cccs1)NN. The van der Waals surface area contributed by atoms with E-state index < -0.39 is 0 Å². The Morgan fingerprint density at radius 3 is 2.53 bits per heavy atom. The molecule has 1 aromatic heterocycles. The van der Waals surface area contributed by atoms with Gasteiger partial charge in [0.1, 0.15) is 0 Å². The number of aryl methyl sites for hydroxylation is 1. The largest absolute Gasteiger partial charge is 0.271 e. The third-order valence-corrected chi connectivity index (χ3v) is 4.63. The van der Waals surface area contributed by atoms with Crippen LogP contribution in [0.25, 0.3) is 0 Å². The molecular formula is C16H30N2S. The molecule has 0 radical (unpaired) electrons. The van der Waals surface area contributed by atoms with Crippen LogP contribution in [0, 0.1) is 0 Å². The van der Waals surface area contributed by atoms with Crippen LogP contribution in [0.4, 0.5) is 0 Å². The van der Waals surface area contributed by atoms with Gasteiger partial charge in [-0.1, -0.05) is 51.5 Å². The van der Waals surface area contributed by atoms with E-state index in [4.69, 9.17) is 5.84 Å². The molecule has 1 unspecified atom stereocenters. The number of hydrazine groups is 1. The smallest absolute Gasteiger partial charge is 0.0210 e. The van der Waals surface area contributed by atoms with Gasteiger partial charge in [0.25, 0.3) is 0 Å². The molecule has 1 atom stereocenters. The minimum absolute atomic E-state index is 0.506. The highest BCUT2D eigenvalue weighted by Crippen LogP contribution is 2.15. The Hall–Kier alpha value is -0.380. The summed E-state index contributed by atoms with van der Waals surface area (Å²) < 4.78 is 0. The highest BCUT2D eigenvalue weighted by molar-refractivity contribution is 7.09. The molecule has 0 aliphatic rings. The summed E-state index contributed by atoms with van der Waals surface area (Å²) in [4.78, 5) is 1.50. The summed E-state index contributed by atoms with van der Waals surface area (Å²) in [6.07, 6.45) is 13.1. The van der Waals surface area contributed by atoms with Crippen molar-refractivity contribution >= 4 is 11.3 Å². The molecular weight excluding hydrogens is 252 g/mol. The summed E-state index contributed by atoms with van der Waals surface area (Å²) in [7, 11) is 0. The fraction of sp³-hybridized carbons (Fsp3) is 0.750. The molecule has 0 fully saturated rings. The zero-order chi connectivity index (χ0) is 13.8. The molecule has 3 heteroatoms. The minimum Gasteiger partial charge on any atom is -0.271 e. The van der Waals surface area contributed by atoms with Crippen molar-refractivity contribution in [2.24, 2.45) is 5.84 Å². The molecule has 0 spiro atoms. The molecule has 19 heavy (non-hydrogen) atoms. The highest BCUT2D eigenvalue weighted by Gasteiger charge is 2.06. The third-order valence-electron chi connectivity index (χ3n) is 3.70. The number of hydrogen-bond acceptors (Lipinski definition) is 3. The number of rotatable bonds is 12. The predicted octanol–water partition coefficient (Wildman–Crippen LogP) is 4.65. The second-order valence-electron chi connectivity index (χ2n) is 5.39. The maximum atomic E-state index is 5.65. The minimum atomic E-state index is 0.506. The van der Waals surface area contributed by atoms with E-state index in [-0.39, 0.29) is 0 Å². The van der Waals surface area contributed by atoms with E-state index in [0.29, 0.717) is 6.04 Å². The van der Waals surface area contributed by atoms with Crippen LogP contribution in [-0.2, 0) is 6.42 Å². The predicted molar refractivity (Wildman–Crippen MR) is 86.4 cm³/mol. The topological polar surface area (TPSA) is 38.0 Å². The first-order chi connectivity index (χ1) is 9.36. The molecule has 0 saturated carbocycles. The third kappa shape index (κ3) is 8.40. The summed E-state index contributed by atoms with van der Waals surface area (Å²) >= 11 is 1.86. The van der Waals surface area contributed by atoms with Crippen molar-refractivity contribution < 1.29 is 0 Å². The van der Waals surface area contributed by atoms with Crippen molar-refractivity contribution in [1.29, 1.82) is 0 Å². The molecule has 2 nitrogen and oxygen atoms in total. The molecule has 0 aromatic carbocycles. The lowest BCUT2D eigenvalue weighted by molar-refractivity contribution is 0.429. The quantitative estimate of drug-likeness (QED) is 0.332. The second kappa shape index (κ2) is 11.4. The Morgan fingerprint density at radius 1 is 1.11 bits per heavy atom. The van der Waals surface area contributed by atoms with Crippen LogP contribution in [-0.4, -0.2) is 6.04 Å². The van der Waals surface area contributed by atoms with Crippen molar-refractivity contribution in [2.45, 2.75) is 77.2 Å². The van der Waals surface area contributed by atoms with Gasteiger partial charge in [-0.15, -0.1) is 11.3 Å². The van der Waals surface area contributed by atoms with Crippen LogP contribution in [0.5, 0.6) is 0 Å². The van der Waals surface area contributed by atoms with Crippen LogP contribution in [0.1, 0.15) is 69.6 Å². The maximum absolute atomic E-state index is 5.65. The van der Waals surface area contributed by atoms with Gasteiger partial charge >= 0.3 is 0 Å². The molecule has 0 aliphatic carbocycles. The van der Waals surface area contributed by atoms with Crippen molar-refractivity contribution in [2.75, 3.05) is 0 Å². The first-order valence-electron chi connectivity index (χ1n) is 7.85. The van der Waals surface area contributed by atoms with E-state index >= 15 is 0 Å². The van der Waals surface area contributed by atoms with E-state index in [1.807, 2.05) is 11.3 Å². The number of unbranched alkanes of at least 4 members (excludes halogenated alkanes) is 5. The highest BCUT2D eigenvalue weighted by atomic mass is 32.1. The maximum Gasteiger partial charge on any atom is 0.0210 e. The lowest BCUT2D eigenvalue weighted by Crippen LogP contribution is -2.35. The fourth-order valence-corrected chi connectivity index (χ4v) is 3.21. The van der Waals surface area contributed by atoms with Crippen LogP contribution in [0.3, 0.4) is 0 Å². The van der Waals surface area contributed by atoms with Crippen molar-refractivity contribution in [3.8, 4) is 0 Å². The van der Waals surface area contributed by atoms with Gasteiger partial charge in [0.15, 0.2) is 0 Å². The average Bonchev–Trinajstić information content (AvgIpc) is 2.93. The van der Waals surface area contributed by atoms with Gasteiger partial charge in [-0.2, -0.15) is 0 Å². The van der Waals surface area contributed by atoms with Crippen LogP contribution >= 0.6 is 11.3 Å². The standard InChI is InChI=1S/C16H30N2S/c1-2-3-4-5-6-7-10-15(18-17)11-8-12-16-13-9-14-19-16/h9,13-15,18H,2-8,10-12,17H2,1H3. The molecule has 0 bridgehead atoms. The summed E-state index contributed by atoms with van der Waals surface area (Å²) in [5.74, 6) is 5.65. The molecule has 1 heterocycles. The molecule has 110 valence electrons. The van der Waals surface area contributed by atoms with E-state index in [1.165, 1.54) is 69.1 Å². The molecule has 1 rings (SSSR count). The molecule has 3 N–H and O–H groups in total. The van der Waals surface area contributed by atoms with Gasteiger partial charge in [-0.3, -0.25) is 11.3 Å². The van der Waals surface area contributed by atoms with Gasteiger partial charge in [0.05, 0.1) is 0 Å². The van der Waals surface area contributed by atoms with Gasteiger partial charge in [-0.05, 0) is 37.1 Å². The summed E-state index contributed by atoms with van der Waals surface area (Å²) in [6.45, 7) is 2.27. The van der Waals surface area contributed by atoms with Crippen LogP contribution in [0.15, 0.2) is 17.5 Å². The van der Waals surface area contributed by atoms with Gasteiger partial charge in [0.2, 0.25) is 0 Å². The number of nitrogens with one attached hydrogen (secondary N) is 1. The monoisotopic (exact) mass is 282 g/mol. The second-order valence-corrected chi connectivity index (χ2v) is 6.42. The lowest BCUT2D eigenvalue weighted by atomic mass is 10.0.